The van der Waals surface area contributed by atoms with Crippen molar-refractivity contribution in [1.29, 1.82) is 0 Å². The van der Waals surface area contributed by atoms with Gasteiger partial charge in [0, 0.05) is 18.1 Å². The van der Waals surface area contributed by atoms with E-state index in [1.807, 2.05) is 0 Å². The highest BCUT2D eigenvalue weighted by Gasteiger charge is 2.09. The fourth-order valence-electron chi connectivity index (χ4n) is 1.63. The Kier molecular flexibility index (Phi) is 3.24. The molecule has 0 saturated heterocycles. The van der Waals surface area contributed by atoms with Crippen LogP contribution in [0.15, 0.2) is 34.7 Å². The number of aliphatic hydroxyl groups excluding tert-OH is 1. The number of furan rings is 1. The van der Waals surface area contributed by atoms with E-state index in [-0.39, 0.29) is 0 Å². The summed E-state index contributed by atoms with van der Waals surface area (Å²) in [5.41, 5.74) is 0.347. The summed E-state index contributed by atoms with van der Waals surface area (Å²) in [6.07, 6.45) is -0.143. The maximum absolute atomic E-state index is 13.0. The van der Waals surface area contributed by atoms with E-state index in [0.717, 1.165) is 6.07 Å². The van der Waals surface area contributed by atoms with Gasteiger partial charge >= 0.3 is 0 Å². The summed E-state index contributed by atoms with van der Waals surface area (Å²) in [5.74, 6) is -0.319. The van der Waals surface area contributed by atoms with E-state index in [0.29, 0.717) is 23.5 Å². The first-order valence-electron chi connectivity index (χ1n) is 5.28. The SMILES string of the molecule is CC(O)Cc1ccc(-c2cc(F)cc(F)c2)o1. The molecular weight excluding hydrogens is 226 g/mol. The first-order valence-corrected chi connectivity index (χ1v) is 5.28. The molecule has 1 N–H and O–H groups in total. The summed E-state index contributed by atoms with van der Waals surface area (Å²) in [4.78, 5) is 0. The van der Waals surface area contributed by atoms with Crippen LogP contribution in [0.4, 0.5) is 8.78 Å². The molecule has 0 bridgehead atoms. The van der Waals surface area contributed by atoms with Crippen molar-refractivity contribution in [3.05, 3.63) is 47.7 Å². The van der Waals surface area contributed by atoms with Crippen LogP contribution >= 0.6 is 0 Å². The molecule has 1 aromatic heterocycles. The van der Waals surface area contributed by atoms with E-state index < -0.39 is 17.7 Å². The van der Waals surface area contributed by atoms with E-state index in [1.165, 1.54) is 12.1 Å². The van der Waals surface area contributed by atoms with Gasteiger partial charge < -0.3 is 9.52 Å². The normalized spacial score (nSPS) is 12.7. The Hall–Kier alpha value is -1.68. The zero-order valence-corrected chi connectivity index (χ0v) is 9.28. The number of benzene rings is 1. The van der Waals surface area contributed by atoms with E-state index in [9.17, 15) is 13.9 Å². The summed E-state index contributed by atoms with van der Waals surface area (Å²) in [7, 11) is 0. The second-order valence-electron chi connectivity index (χ2n) is 3.98. The third kappa shape index (κ3) is 2.91. The van der Waals surface area contributed by atoms with Crippen molar-refractivity contribution in [2.45, 2.75) is 19.4 Å². The van der Waals surface area contributed by atoms with Gasteiger partial charge in [0.2, 0.25) is 0 Å². The fraction of sp³-hybridized carbons (Fsp3) is 0.231. The minimum Gasteiger partial charge on any atom is -0.461 e. The molecule has 17 heavy (non-hydrogen) atoms. The Morgan fingerprint density at radius 2 is 1.82 bits per heavy atom. The van der Waals surface area contributed by atoms with E-state index >= 15 is 0 Å². The molecule has 1 aromatic carbocycles. The monoisotopic (exact) mass is 238 g/mol. The topological polar surface area (TPSA) is 33.4 Å². The van der Waals surface area contributed by atoms with Crippen LogP contribution in [0.2, 0.25) is 0 Å². The number of hydrogen-bond acceptors (Lipinski definition) is 2. The second-order valence-corrected chi connectivity index (χ2v) is 3.98. The Bertz CT molecular complexity index is 498. The molecule has 0 amide bonds. The van der Waals surface area contributed by atoms with Crippen molar-refractivity contribution in [2.24, 2.45) is 0 Å². The van der Waals surface area contributed by atoms with Gasteiger partial charge in [-0.3, -0.25) is 0 Å². The summed E-state index contributed by atoms with van der Waals surface area (Å²) in [5, 5.41) is 9.19. The lowest BCUT2D eigenvalue weighted by molar-refractivity contribution is 0.187. The molecular formula is C13H12F2O2. The molecule has 0 spiro atoms. The molecule has 1 atom stereocenters. The first kappa shape index (κ1) is 11.8. The second kappa shape index (κ2) is 4.67. The van der Waals surface area contributed by atoms with Gasteiger partial charge in [-0.1, -0.05) is 0 Å². The van der Waals surface area contributed by atoms with Crippen LogP contribution in [0.25, 0.3) is 11.3 Å². The van der Waals surface area contributed by atoms with Crippen LogP contribution in [-0.4, -0.2) is 11.2 Å². The van der Waals surface area contributed by atoms with Gasteiger partial charge in [-0.15, -0.1) is 0 Å². The number of rotatable bonds is 3. The molecule has 2 rings (SSSR count). The summed E-state index contributed by atoms with van der Waals surface area (Å²) in [6.45, 7) is 1.64. The Morgan fingerprint density at radius 1 is 1.18 bits per heavy atom. The number of aliphatic hydroxyl groups is 1. The third-order valence-electron chi connectivity index (χ3n) is 2.31. The standard InChI is InChI=1S/C13H12F2O2/c1-8(16)4-12-2-3-13(17-12)9-5-10(14)7-11(15)6-9/h2-3,5-8,16H,4H2,1H3. The van der Waals surface area contributed by atoms with Gasteiger partial charge in [0.1, 0.15) is 23.2 Å². The Morgan fingerprint density at radius 3 is 2.41 bits per heavy atom. The minimum absolute atomic E-state index is 0.347. The van der Waals surface area contributed by atoms with Crippen molar-refractivity contribution in [3.63, 3.8) is 0 Å². The molecule has 0 saturated carbocycles. The van der Waals surface area contributed by atoms with Crippen molar-refractivity contribution in [2.75, 3.05) is 0 Å². The maximum atomic E-state index is 13.0. The lowest BCUT2D eigenvalue weighted by Crippen LogP contribution is -2.02. The molecule has 0 aliphatic carbocycles. The number of halogens is 2. The summed E-state index contributed by atoms with van der Waals surface area (Å²) < 4.78 is 31.4. The average molecular weight is 238 g/mol. The Labute approximate surface area is 97.5 Å². The van der Waals surface area contributed by atoms with Gasteiger partial charge in [-0.25, -0.2) is 8.78 Å². The van der Waals surface area contributed by atoms with E-state index in [4.69, 9.17) is 4.42 Å². The smallest absolute Gasteiger partial charge is 0.134 e. The summed E-state index contributed by atoms with van der Waals surface area (Å²) in [6, 6.07) is 6.53. The van der Waals surface area contributed by atoms with Gasteiger partial charge in [0.25, 0.3) is 0 Å². The molecule has 0 fully saturated rings. The molecule has 2 nitrogen and oxygen atoms in total. The molecule has 90 valence electrons. The predicted octanol–water partition coefficient (Wildman–Crippen LogP) is 3.15. The van der Waals surface area contributed by atoms with Crippen molar-refractivity contribution in [3.8, 4) is 11.3 Å². The molecule has 0 aliphatic rings. The first-order chi connectivity index (χ1) is 8.04. The van der Waals surface area contributed by atoms with Crippen LogP contribution in [0.5, 0.6) is 0 Å². The van der Waals surface area contributed by atoms with Gasteiger partial charge in [-0.05, 0) is 31.2 Å². The van der Waals surface area contributed by atoms with Crippen LogP contribution in [0.1, 0.15) is 12.7 Å². The highest BCUT2D eigenvalue weighted by Crippen LogP contribution is 2.24. The average Bonchev–Trinajstić information content (AvgIpc) is 2.63. The van der Waals surface area contributed by atoms with Crippen LogP contribution in [-0.2, 0) is 6.42 Å². The molecule has 1 unspecified atom stereocenters. The predicted molar refractivity (Wildman–Crippen MR) is 59.4 cm³/mol. The molecule has 0 radical (unpaired) electrons. The molecule has 2 aromatic rings. The highest BCUT2D eigenvalue weighted by molar-refractivity contribution is 5.57. The van der Waals surface area contributed by atoms with Crippen molar-refractivity contribution >= 4 is 0 Å². The van der Waals surface area contributed by atoms with Crippen LogP contribution in [0.3, 0.4) is 0 Å². The van der Waals surface area contributed by atoms with Gasteiger partial charge in [0.15, 0.2) is 0 Å². The lowest BCUT2D eigenvalue weighted by atomic mass is 10.1. The number of hydrogen-bond donors (Lipinski definition) is 1. The lowest BCUT2D eigenvalue weighted by Gasteiger charge is -2.01. The van der Waals surface area contributed by atoms with Crippen molar-refractivity contribution < 1.29 is 18.3 Å². The largest absolute Gasteiger partial charge is 0.461 e. The molecule has 0 aliphatic heterocycles. The fourth-order valence-corrected chi connectivity index (χ4v) is 1.63. The Balaban J connectivity index is 2.30. The van der Waals surface area contributed by atoms with Gasteiger partial charge in [0.05, 0.1) is 6.10 Å². The van der Waals surface area contributed by atoms with Crippen LogP contribution < -0.4 is 0 Å². The molecule has 1 heterocycles. The van der Waals surface area contributed by atoms with E-state index in [2.05, 4.69) is 0 Å². The quantitative estimate of drug-likeness (QED) is 0.891. The van der Waals surface area contributed by atoms with Crippen molar-refractivity contribution in [1.82, 2.24) is 0 Å². The zero-order valence-electron chi connectivity index (χ0n) is 9.28. The van der Waals surface area contributed by atoms with E-state index in [1.54, 1.807) is 19.1 Å². The van der Waals surface area contributed by atoms with Crippen LogP contribution in [0, 0.1) is 11.6 Å². The zero-order chi connectivity index (χ0) is 12.4. The maximum Gasteiger partial charge on any atom is 0.134 e. The third-order valence-corrected chi connectivity index (χ3v) is 2.31. The molecule has 4 heteroatoms. The van der Waals surface area contributed by atoms with Gasteiger partial charge in [-0.2, -0.15) is 0 Å². The summed E-state index contributed by atoms with van der Waals surface area (Å²) >= 11 is 0. The highest BCUT2D eigenvalue weighted by atomic mass is 19.1. The minimum atomic E-state index is -0.645.